The number of aromatic nitrogens is 2. The van der Waals surface area contributed by atoms with Crippen LogP contribution < -0.4 is 15.0 Å². The van der Waals surface area contributed by atoms with Gasteiger partial charge in [0.1, 0.15) is 10.8 Å². The van der Waals surface area contributed by atoms with Crippen LogP contribution in [-0.2, 0) is 0 Å². The van der Waals surface area contributed by atoms with Crippen LogP contribution in [0.15, 0.2) is 43.1 Å². The van der Waals surface area contributed by atoms with Crippen molar-refractivity contribution >= 4 is 60.6 Å². The van der Waals surface area contributed by atoms with Gasteiger partial charge in [-0.05, 0) is 67.4 Å². The van der Waals surface area contributed by atoms with Gasteiger partial charge >= 0.3 is 0 Å². The fourth-order valence-corrected chi connectivity index (χ4v) is 4.21. The van der Waals surface area contributed by atoms with Crippen LogP contribution in [0.4, 0.5) is 0 Å². The number of halogens is 3. The van der Waals surface area contributed by atoms with E-state index in [4.69, 9.17) is 26.1 Å². The van der Waals surface area contributed by atoms with Crippen molar-refractivity contribution in [3.63, 3.8) is 0 Å². The summed E-state index contributed by atoms with van der Waals surface area (Å²) in [6, 6.07) is 7.26. The molecule has 0 aliphatic carbocycles. The minimum Gasteiger partial charge on any atom is -0.490 e. The van der Waals surface area contributed by atoms with Crippen molar-refractivity contribution < 1.29 is 9.47 Å². The van der Waals surface area contributed by atoms with Gasteiger partial charge in [-0.1, -0.05) is 41.4 Å². The van der Waals surface area contributed by atoms with Crippen molar-refractivity contribution in [1.29, 1.82) is 0 Å². The smallest absolute Gasteiger partial charge is 0.282 e. The third-order valence-electron chi connectivity index (χ3n) is 5.01. The predicted octanol–water partition coefficient (Wildman–Crippen LogP) is 7.16. The zero-order valence-corrected chi connectivity index (χ0v) is 23.1. The highest BCUT2D eigenvalue weighted by Gasteiger charge is 2.19. The van der Waals surface area contributed by atoms with Crippen LogP contribution in [-0.4, -0.2) is 28.6 Å². The summed E-state index contributed by atoms with van der Waals surface area (Å²) >= 11 is 13.6. The second-order valence-corrected chi connectivity index (χ2v) is 9.91. The molecule has 0 saturated heterocycles. The standard InChI is InChI=1S/C24H26Br2ClN3O3/c1-6-14(5)23-29-18-9-8-16(25)11-17(18)24(31)30(23)28-12-15-10-19(32-7-2)22(33-13(3)4)21(27)20(15)26/h8-14H,6-7H2,1-5H3/t14-/m1/s1. The van der Waals surface area contributed by atoms with Crippen molar-refractivity contribution in [1.82, 2.24) is 9.66 Å². The van der Waals surface area contributed by atoms with E-state index in [1.165, 1.54) is 4.68 Å². The normalized spacial score (nSPS) is 12.6. The maximum Gasteiger partial charge on any atom is 0.282 e. The van der Waals surface area contributed by atoms with E-state index in [1.54, 1.807) is 18.3 Å². The number of nitrogens with zero attached hydrogens (tertiary/aromatic N) is 3. The lowest BCUT2D eigenvalue weighted by atomic mass is 10.1. The van der Waals surface area contributed by atoms with Gasteiger partial charge in [0.05, 0.1) is 29.8 Å². The molecular weight excluding hydrogens is 574 g/mol. The lowest BCUT2D eigenvalue weighted by Gasteiger charge is -2.18. The molecule has 0 aliphatic rings. The number of ether oxygens (including phenoxy) is 2. The summed E-state index contributed by atoms with van der Waals surface area (Å²) in [5.41, 5.74) is 1.05. The Labute approximate surface area is 215 Å². The summed E-state index contributed by atoms with van der Waals surface area (Å²) in [6.45, 7) is 10.3. The molecule has 0 aliphatic heterocycles. The Kier molecular flexibility index (Phi) is 8.59. The number of rotatable bonds is 8. The number of hydrogen-bond acceptors (Lipinski definition) is 5. The molecule has 0 radical (unpaired) electrons. The van der Waals surface area contributed by atoms with Gasteiger partial charge < -0.3 is 9.47 Å². The molecule has 0 N–H and O–H groups in total. The summed E-state index contributed by atoms with van der Waals surface area (Å²) in [4.78, 5) is 18.1. The molecule has 9 heteroatoms. The van der Waals surface area contributed by atoms with Crippen molar-refractivity contribution in [2.75, 3.05) is 6.61 Å². The summed E-state index contributed by atoms with van der Waals surface area (Å²) in [7, 11) is 0. The van der Waals surface area contributed by atoms with E-state index in [1.807, 2.05) is 39.8 Å². The third-order valence-corrected chi connectivity index (χ3v) is 6.94. The molecule has 1 aromatic heterocycles. The van der Waals surface area contributed by atoms with Crippen molar-refractivity contribution in [2.45, 2.75) is 53.1 Å². The van der Waals surface area contributed by atoms with Gasteiger partial charge in [-0.25, -0.2) is 4.98 Å². The van der Waals surface area contributed by atoms with E-state index in [0.717, 1.165) is 10.9 Å². The van der Waals surface area contributed by atoms with E-state index in [-0.39, 0.29) is 17.6 Å². The highest BCUT2D eigenvalue weighted by Crippen LogP contribution is 2.42. The molecule has 0 spiro atoms. The maximum absolute atomic E-state index is 13.3. The van der Waals surface area contributed by atoms with Crippen LogP contribution in [0.5, 0.6) is 11.5 Å². The van der Waals surface area contributed by atoms with Gasteiger partial charge in [0.2, 0.25) is 0 Å². The molecule has 3 rings (SSSR count). The largest absolute Gasteiger partial charge is 0.490 e. The van der Waals surface area contributed by atoms with Gasteiger partial charge in [-0.3, -0.25) is 4.79 Å². The zero-order chi connectivity index (χ0) is 24.3. The SMILES string of the molecule is CCOc1cc(C=Nn2c([C@H](C)CC)nc3ccc(Br)cc3c2=O)c(Br)c(Cl)c1OC(C)C. The van der Waals surface area contributed by atoms with Gasteiger partial charge in [0.25, 0.3) is 5.56 Å². The minimum atomic E-state index is -0.236. The van der Waals surface area contributed by atoms with E-state index in [9.17, 15) is 4.79 Å². The number of fused-ring (bicyclic) bond motifs is 1. The molecule has 0 saturated carbocycles. The highest BCUT2D eigenvalue weighted by atomic mass is 79.9. The molecule has 33 heavy (non-hydrogen) atoms. The number of hydrogen-bond donors (Lipinski definition) is 0. The van der Waals surface area contributed by atoms with Crippen molar-refractivity contribution in [3.8, 4) is 11.5 Å². The first kappa shape index (κ1) is 25.7. The fraction of sp³-hybridized carbons (Fsp3) is 0.375. The zero-order valence-electron chi connectivity index (χ0n) is 19.2. The van der Waals surface area contributed by atoms with Crippen LogP contribution in [0, 0.1) is 0 Å². The van der Waals surface area contributed by atoms with Gasteiger partial charge in [0, 0.05) is 20.4 Å². The van der Waals surface area contributed by atoms with E-state index >= 15 is 0 Å². The van der Waals surface area contributed by atoms with Crippen LogP contribution in [0.2, 0.25) is 5.02 Å². The Balaban J connectivity index is 2.19. The van der Waals surface area contributed by atoms with Gasteiger partial charge in [-0.2, -0.15) is 9.78 Å². The van der Waals surface area contributed by atoms with Crippen molar-refractivity contribution in [3.05, 3.63) is 60.0 Å². The molecule has 6 nitrogen and oxygen atoms in total. The molecule has 0 amide bonds. The first-order valence-corrected chi connectivity index (χ1v) is 12.7. The topological polar surface area (TPSA) is 65.7 Å². The third kappa shape index (κ3) is 5.61. The quantitative estimate of drug-likeness (QED) is 0.258. The van der Waals surface area contributed by atoms with Crippen LogP contribution in [0.25, 0.3) is 10.9 Å². The Morgan fingerprint density at radius 3 is 2.58 bits per heavy atom. The summed E-state index contributed by atoms with van der Waals surface area (Å²) in [5, 5.41) is 5.40. The second kappa shape index (κ2) is 11.0. The molecule has 0 fully saturated rings. The molecule has 0 bridgehead atoms. The molecule has 2 aromatic carbocycles. The van der Waals surface area contributed by atoms with E-state index in [2.05, 4.69) is 43.9 Å². The average molecular weight is 600 g/mol. The molecular formula is C24H26Br2ClN3O3. The summed E-state index contributed by atoms with van der Waals surface area (Å²) in [5.74, 6) is 1.61. The number of benzene rings is 2. The summed E-state index contributed by atoms with van der Waals surface area (Å²) < 4.78 is 14.4. The molecule has 0 unspecified atom stereocenters. The van der Waals surface area contributed by atoms with Crippen molar-refractivity contribution in [2.24, 2.45) is 5.10 Å². The second-order valence-electron chi connectivity index (χ2n) is 7.82. The molecule has 1 atom stereocenters. The maximum atomic E-state index is 13.3. The van der Waals surface area contributed by atoms with Gasteiger partial charge in [-0.15, -0.1) is 0 Å². The Hall–Kier alpha value is -1.90. The first-order chi connectivity index (χ1) is 15.7. The van der Waals surface area contributed by atoms with E-state index < -0.39 is 0 Å². The van der Waals surface area contributed by atoms with E-state index in [0.29, 0.717) is 49.9 Å². The van der Waals surface area contributed by atoms with Gasteiger partial charge in [0.15, 0.2) is 11.5 Å². The van der Waals surface area contributed by atoms with Crippen LogP contribution >= 0.6 is 43.5 Å². The van der Waals surface area contributed by atoms with Crippen LogP contribution in [0.3, 0.4) is 0 Å². The molecule has 1 heterocycles. The average Bonchev–Trinajstić information content (AvgIpc) is 2.78. The highest BCUT2D eigenvalue weighted by molar-refractivity contribution is 9.10. The lowest BCUT2D eigenvalue weighted by Crippen LogP contribution is -2.23. The Morgan fingerprint density at radius 1 is 1.21 bits per heavy atom. The fourth-order valence-electron chi connectivity index (χ4n) is 3.21. The summed E-state index contributed by atoms with van der Waals surface area (Å²) in [6.07, 6.45) is 2.32. The Morgan fingerprint density at radius 2 is 1.94 bits per heavy atom. The predicted molar refractivity (Wildman–Crippen MR) is 141 cm³/mol. The molecule has 176 valence electrons. The van der Waals surface area contributed by atoms with Crippen LogP contribution in [0.1, 0.15) is 58.3 Å². The monoisotopic (exact) mass is 597 g/mol. The first-order valence-electron chi connectivity index (χ1n) is 10.8. The lowest BCUT2D eigenvalue weighted by molar-refractivity contribution is 0.224. The minimum absolute atomic E-state index is 0.0377. The Bertz CT molecular complexity index is 1260. The molecule has 3 aromatic rings.